The van der Waals surface area contributed by atoms with Crippen molar-refractivity contribution in [2.24, 2.45) is 4.99 Å². The SMILES string of the molecule is O=C(CCN1CCN(c2ccccc2)CC1)c1ccc(NC2=NCCN2)cc1. The molecule has 28 heavy (non-hydrogen) atoms. The Morgan fingerprint density at radius 2 is 1.75 bits per heavy atom. The predicted molar refractivity (Wildman–Crippen MR) is 114 cm³/mol. The van der Waals surface area contributed by atoms with Gasteiger partial charge in [0, 0.05) is 62.6 Å². The van der Waals surface area contributed by atoms with Crippen LogP contribution in [0.1, 0.15) is 16.8 Å². The van der Waals surface area contributed by atoms with E-state index in [-0.39, 0.29) is 5.78 Å². The first-order chi connectivity index (χ1) is 13.8. The number of nitrogens with zero attached hydrogens (tertiary/aromatic N) is 3. The number of anilines is 2. The van der Waals surface area contributed by atoms with Gasteiger partial charge in [0.15, 0.2) is 11.7 Å². The molecule has 2 heterocycles. The average molecular weight is 377 g/mol. The van der Waals surface area contributed by atoms with Gasteiger partial charge in [0.05, 0.1) is 6.54 Å². The van der Waals surface area contributed by atoms with E-state index in [9.17, 15) is 4.79 Å². The van der Waals surface area contributed by atoms with Crippen molar-refractivity contribution in [3.8, 4) is 0 Å². The van der Waals surface area contributed by atoms with Crippen LogP contribution in [0.5, 0.6) is 0 Å². The summed E-state index contributed by atoms with van der Waals surface area (Å²) < 4.78 is 0. The number of carbonyl (C=O) groups is 1. The Labute approximate surface area is 166 Å². The molecule has 2 N–H and O–H groups in total. The largest absolute Gasteiger partial charge is 0.369 e. The van der Waals surface area contributed by atoms with Crippen LogP contribution in [0.15, 0.2) is 59.6 Å². The summed E-state index contributed by atoms with van der Waals surface area (Å²) >= 11 is 0. The molecule has 0 atom stereocenters. The van der Waals surface area contributed by atoms with Crippen LogP contribution in [0.25, 0.3) is 0 Å². The van der Waals surface area contributed by atoms with Crippen molar-refractivity contribution < 1.29 is 4.79 Å². The first-order valence-electron chi connectivity index (χ1n) is 9.99. The van der Waals surface area contributed by atoms with Crippen molar-refractivity contribution in [3.05, 3.63) is 60.2 Å². The van der Waals surface area contributed by atoms with Crippen LogP contribution >= 0.6 is 0 Å². The van der Waals surface area contributed by atoms with E-state index in [1.165, 1.54) is 5.69 Å². The van der Waals surface area contributed by atoms with Crippen molar-refractivity contribution in [2.75, 3.05) is 56.0 Å². The number of aliphatic imine (C=N–C) groups is 1. The maximum atomic E-state index is 12.5. The van der Waals surface area contributed by atoms with Gasteiger partial charge in [0.25, 0.3) is 0 Å². The Morgan fingerprint density at radius 1 is 1.00 bits per heavy atom. The fraction of sp³-hybridized carbons (Fsp3) is 0.364. The second kappa shape index (κ2) is 8.89. The molecule has 2 aliphatic heterocycles. The molecule has 0 bridgehead atoms. The molecule has 2 aromatic carbocycles. The quantitative estimate of drug-likeness (QED) is 0.758. The topological polar surface area (TPSA) is 60.0 Å². The first kappa shape index (κ1) is 18.5. The summed E-state index contributed by atoms with van der Waals surface area (Å²) in [6.45, 7) is 6.52. The van der Waals surface area contributed by atoms with Crippen LogP contribution in [-0.2, 0) is 0 Å². The van der Waals surface area contributed by atoms with Gasteiger partial charge in [-0.1, -0.05) is 18.2 Å². The molecule has 6 nitrogen and oxygen atoms in total. The van der Waals surface area contributed by atoms with Gasteiger partial charge in [-0.25, -0.2) is 0 Å². The lowest BCUT2D eigenvalue weighted by Gasteiger charge is -2.36. The maximum Gasteiger partial charge on any atom is 0.195 e. The van der Waals surface area contributed by atoms with E-state index >= 15 is 0 Å². The summed E-state index contributed by atoms with van der Waals surface area (Å²) in [5.41, 5.74) is 3.00. The lowest BCUT2D eigenvalue weighted by atomic mass is 10.1. The zero-order valence-electron chi connectivity index (χ0n) is 16.1. The van der Waals surface area contributed by atoms with E-state index in [0.29, 0.717) is 6.42 Å². The van der Waals surface area contributed by atoms with Gasteiger partial charge < -0.3 is 15.5 Å². The van der Waals surface area contributed by atoms with Crippen molar-refractivity contribution in [3.63, 3.8) is 0 Å². The lowest BCUT2D eigenvalue weighted by Crippen LogP contribution is -2.46. The Hall–Kier alpha value is -2.86. The summed E-state index contributed by atoms with van der Waals surface area (Å²) in [6, 6.07) is 18.2. The normalized spacial score (nSPS) is 17.1. The van der Waals surface area contributed by atoms with E-state index in [1.54, 1.807) is 0 Å². The average Bonchev–Trinajstić information content (AvgIpc) is 3.27. The number of nitrogens with one attached hydrogen (secondary N) is 2. The van der Waals surface area contributed by atoms with Crippen molar-refractivity contribution in [1.29, 1.82) is 0 Å². The Morgan fingerprint density at radius 3 is 2.43 bits per heavy atom. The lowest BCUT2D eigenvalue weighted by molar-refractivity contribution is 0.0962. The molecule has 0 aliphatic carbocycles. The molecule has 0 aromatic heterocycles. The monoisotopic (exact) mass is 377 g/mol. The van der Waals surface area contributed by atoms with Crippen molar-refractivity contribution >= 4 is 23.1 Å². The van der Waals surface area contributed by atoms with Crippen LogP contribution in [0.2, 0.25) is 0 Å². The zero-order chi connectivity index (χ0) is 19.2. The standard InChI is InChI=1S/C22H27N5O/c28-21(18-6-8-19(9-7-18)25-22-23-11-12-24-22)10-13-26-14-16-27(17-15-26)20-4-2-1-3-5-20/h1-9H,10-17H2,(H2,23,24,25). The molecule has 1 saturated heterocycles. The van der Waals surface area contributed by atoms with Crippen LogP contribution in [-0.4, -0.2) is 62.5 Å². The number of hydrogen-bond donors (Lipinski definition) is 2. The molecular weight excluding hydrogens is 350 g/mol. The fourth-order valence-electron chi connectivity index (χ4n) is 3.63. The summed E-state index contributed by atoms with van der Waals surface area (Å²) in [5.74, 6) is 1.00. The third-order valence-electron chi connectivity index (χ3n) is 5.29. The van der Waals surface area contributed by atoms with E-state index in [4.69, 9.17) is 0 Å². The highest BCUT2D eigenvalue weighted by molar-refractivity contribution is 5.98. The highest BCUT2D eigenvalue weighted by atomic mass is 16.1. The summed E-state index contributed by atoms with van der Waals surface area (Å²) in [7, 11) is 0. The molecule has 146 valence electrons. The zero-order valence-corrected chi connectivity index (χ0v) is 16.1. The van der Waals surface area contributed by atoms with Crippen molar-refractivity contribution in [2.45, 2.75) is 6.42 Å². The molecule has 6 heteroatoms. The molecule has 1 fully saturated rings. The molecule has 2 aliphatic rings. The number of Topliss-reactive ketones (excluding diaryl/α,β-unsaturated/α-hetero) is 1. The molecule has 2 aromatic rings. The van der Waals surface area contributed by atoms with Gasteiger partial charge in [-0.2, -0.15) is 0 Å². The van der Waals surface area contributed by atoms with Crippen LogP contribution in [0.4, 0.5) is 11.4 Å². The third-order valence-corrected chi connectivity index (χ3v) is 5.29. The first-order valence-corrected chi connectivity index (χ1v) is 9.99. The molecular formula is C22H27N5O. The summed E-state index contributed by atoms with van der Waals surface area (Å²) in [4.78, 5) is 21.6. The summed E-state index contributed by atoms with van der Waals surface area (Å²) in [6.07, 6.45) is 0.562. The second-order valence-electron chi connectivity index (χ2n) is 7.20. The van der Waals surface area contributed by atoms with Crippen LogP contribution < -0.4 is 15.5 Å². The van der Waals surface area contributed by atoms with E-state index in [0.717, 1.165) is 63.0 Å². The minimum absolute atomic E-state index is 0.202. The van der Waals surface area contributed by atoms with Gasteiger partial charge in [-0.3, -0.25) is 14.7 Å². The Bertz CT molecular complexity index is 811. The highest BCUT2D eigenvalue weighted by Crippen LogP contribution is 2.16. The van der Waals surface area contributed by atoms with Gasteiger partial charge in [-0.05, 0) is 36.4 Å². The van der Waals surface area contributed by atoms with E-state index in [2.05, 4.69) is 49.7 Å². The van der Waals surface area contributed by atoms with Gasteiger partial charge in [0.2, 0.25) is 0 Å². The number of para-hydroxylation sites is 1. The minimum Gasteiger partial charge on any atom is -0.369 e. The molecule has 0 spiro atoms. The molecule has 0 amide bonds. The number of carbonyl (C=O) groups excluding carboxylic acids is 1. The van der Waals surface area contributed by atoms with E-state index in [1.807, 2.05) is 30.3 Å². The number of rotatable bonds is 6. The number of piperazine rings is 1. The predicted octanol–water partition coefficient (Wildman–Crippen LogP) is 2.45. The third kappa shape index (κ3) is 4.70. The number of hydrogen-bond acceptors (Lipinski definition) is 6. The van der Waals surface area contributed by atoms with Gasteiger partial charge in [0.1, 0.15) is 0 Å². The summed E-state index contributed by atoms with van der Waals surface area (Å²) in [5, 5.41) is 6.40. The van der Waals surface area contributed by atoms with Crippen LogP contribution in [0.3, 0.4) is 0 Å². The van der Waals surface area contributed by atoms with Gasteiger partial charge in [-0.15, -0.1) is 0 Å². The fourth-order valence-corrected chi connectivity index (χ4v) is 3.63. The number of benzene rings is 2. The van der Waals surface area contributed by atoms with Crippen molar-refractivity contribution in [1.82, 2.24) is 10.2 Å². The smallest absolute Gasteiger partial charge is 0.195 e. The minimum atomic E-state index is 0.202. The number of ketones is 1. The second-order valence-corrected chi connectivity index (χ2v) is 7.20. The van der Waals surface area contributed by atoms with Crippen LogP contribution in [0, 0.1) is 0 Å². The Kier molecular flexibility index (Phi) is 5.87. The highest BCUT2D eigenvalue weighted by Gasteiger charge is 2.18. The molecule has 0 unspecified atom stereocenters. The maximum absolute atomic E-state index is 12.5. The molecule has 0 radical (unpaired) electrons. The molecule has 4 rings (SSSR count). The van der Waals surface area contributed by atoms with Gasteiger partial charge >= 0.3 is 0 Å². The molecule has 0 saturated carbocycles. The van der Waals surface area contributed by atoms with E-state index < -0.39 is 0 Å². The number of guanidine groups is 1. The Balaban J connectivity index is 1.22.